The molecule has 2 N–H and O–H groups in total. The van der Waals surface area contributed by atoms with Gasteiger partial charge >= 0.3 is 0 Å². The molecule has 4 heteroatoms. The smallest absolute Gasteiger partial charge is 0.122 e. The predicted octanol–water partition coefficient (Wildman–Crippen LogP) is 3.87. The molecule has 3 rings (SSSR count). The highest BCUT2D eigenvalue weighted by atomic mass is 16.5. The van der Waals surface area contributed by atoms with Gasteiger partial charge in [0.15, 0.2) is 0 Å². The highest BCUT2D eigenvalue weighted by Gasteiger charge is 2.27. The molecular formula is C22H28O4. The van der Waals surface area contributed by atoms with Crippen LogP contribution in [0.2, 0.25) is 0 Å². The van der Waals surface area contributed by atoms with Crippen LogP contribution in [-0.2, 0) is 0 Å². The van der Waals surface area contributed by atoms with Gasteiger partial charge in [-0.2, -0.15) is 0 Å². The number of aliphatic hydroxyl groups excluding tert-OH is 2. The van der Waals surface area contributed by atoms with Gasteiger partial charge in [-0.25, -0.2) is 0 Å². The predicted molar refractivity (Wildman–Crippen MR) is 102 cm³/mol. The van der Waals surface area contributed by atoms with Crippen molar-refractivity contribution in [1.82, 2.24) is 0 Å². The van der Waals surface area contributed by atoms with Gasteiger partial charge in [-0.15, -0.1) is 0 Å². The summed E-state index contributed by atoms with van der Waals surface area (Å²) in [5.41, 5.74) is 2.47. The standard InChI is InChI=1S/C22H28O4/c23-12-14-25-21-10-3-1-8-19(21)17-6-5-7-18(16-17)20-9-2-4-11-22(20)26-15-13-24/h1-4,8-11,17-18,23-24H,5-7,12-16H2. The van der Waals surface area contributed by atoms with Gasteiger partial charge in [-0.1, -0.05) is 42.8 Å². The third kappa shape index (κ3) is 4.57. The van der Waals surface area contributed by atoms with E-state index in [4.69, 9.17) is 19.7 Å². The molecule has 0 aliphatic heterocycles. The molecule has 2 unspecified atom stereocenters. The lowest BCUT2D eigenvalue weighted by Gasteiger charge is -2.31. The Morgan fingerprint density at radius 3 is 1.65 bits per heavy atom. The van der Waals surface area contributed by atoms with Crippen molar-refractivity contribution in [3.8, 4) is 11.5 Å². The molecule has 26 heavy (non-hydrogen) atoms. The van der Waals surface area contributed by atoms with E-state index in [0.717, 1.165) is 37.2 Å². The molecule has 0 aromatic heterocycles. The summed E-state index contributed by atoms with van der Waals surface area (Å²) >= 11 is 0. The Bertz CT molecular complexity index is 628. The quantitative estimate of drug-likeness (QED) is 0.754. The average Bonchev–Trinajstić information content (AvgIpc) is 2.71. The molecule has 2 atom stereocenters. The van der Waals surface area contributed by atoms with Crippen molar-refractivity contribution in [2.24, 2.45) is 0 Å². The van der Waals surface area contributed by atoms with Crippen molar-refractivity contribution in [1.29, 1.82) is 0 Å². The van der Waals surface area contributed by atoms with Crippen LogP contribution in [0.1, 0.15) is 48.6 Å². The van der Waals surface area contributed by atoms with Crippen LogP contribution in [0.25, 0.3) is 0 Å². The van der Waals surface area contributed by atoms with Crippen LogP contribution in [0.3, 0.4) is 0 Å². The Labute approximate surface area is 155 Å². The maximum Gasteiger partial charge on any atom is 0.122 e. The zero-order valence-corrected chi connectivity index (χ0v) is 15.1. The van der Waals surface area contributed by atoms with Gasteiger partial charge in [-0.05, 0) is 54.4 Å². The van der Waals surface area contributed by atoms with Crippen LogP contribution in [0, 0.1) is 0 Å². The van der Waals surface area contributed by atoms with Gasteiger partial charge in [0, 0.05) is 0 Å². The molecule has 0 spiro atoms. The van der Waals surface area contributed by atoms with Crippen LogP contribution in [0.5, 0.6) is 11.5 Å². The summed E-state index contributed by atoms with van der Waals surface area (Å²) in [4.78, 5) is 0. The molecule has 2 aromatic rings. The number of aliphatic hydroxyl groups is 2. The first kappa shape index (κ1) is 18.7. The third-order valence-electron chi connectivity index (χ3n) is 5.09. The Balaban J connectivity index is 1.78. The first-order chi connectivity index (χ1) is 12.8. The summed E-state index contributed by atoms with van der Waals surface area (Å²) < 4.78 is 11.5. The second-order valence-electron chi connectivity index (χ2n) is 6.78. The zero-order chi connectivity index (χ0) is 18.2. The molecular weight excluding hydrogens is 328 g/mol. The fourth-order valence-corrected chi connectivity index (χ4v) is 3.96. The van der Waals surface area contributed by atoms with Crippen LogP contribution in [0.4, 0.5) is 0 Å². The van der Waals surface area contributed by atoms with Crippen molar-refractivity contribution < 1.29 is 19.7 Å². The number of benzene rings is 2. The summed E-state index contributed by atoms with van der Waals surface area (Å²) in [5, 5.41) is 18.1. The number of hydrogen-bond donors (Lipinski definition) is 2. The lowest BCUT2D eigenvalue weighted by Crippen LogP contribution is -2.15. The fourth-order valence-electron chi connectivity index (χ4n) is 3.96. The van der Waals surface area contributed by atoms with Gasteiger partial charge in [-0.3, -0.25) is 0 Å². The second-order valence-corrected chi connectivity index (χ2v) is 6.78. The topological polar surface area (TPSA) is 58.9 Å². The first-order valence-corrected chi connectivity index (χ1v) is 9.48. The molecule has 0 radical (unpaired) electrons. The Morgan fingerprint density at radius 1 is 0.731 bits per heavy atom. The summed E-state index contributed by atoms with van der Waals surface area (Å²) in [6, 6.07) is 16.4. The minimum Gasteiger partial charge on any atom is -0.491 e. The third-order valence-corrected chi connectivity index (χ3v) is 5.09. The van der Waals surface area contributed by atoms with E-state index in [1.54, 1.807) is 0 Å². The zero-order valence-electron chi connectivity index (χ0n) is 15.1. The molecule has 2 aromatic carbocycles. The van der Waals surface area contributed by atoms with Gasteiger partial charge in [0.2, 0.25) is 0 Å². The number of ether oxygens (including phenoxy) is 2. The summed E-state index contributed by atoms with van der Waals surface area (Å²) in [6.07, 6.45) is 4.52. The van der Waals surface area contributed by atoms with E-state index in [2.05, 4.69) is 24.3 Å². The van der Waals surface area contributed by atoms with Gasteiger partial charge in [0.05, 0.1) is 13.2 Å². The summed E-state index contributed by atoms with van der Waals surface area (Å²) in [6.45, 7) is 0.699. The normalized spacial score (nSPS) is 19.9. The van der Waals surface area contributed by atoms with Crippen LogP contribution >= 0.6 is 0 Å². The maximum atomic E-state index is 9.06. The second kappa shape index (κ2) is 9.60. The summed E-state index contributed by atoms with van der Waals surface area (Å²) in [7, 11) is 0. The van der Waals surface area contributed by atoms with Crippen LogP contribution in [-0.4, -0.2) is 36.6 Å². The Kier molecular flexibility index (Phi) is 6.92. The Hall–Kier alpha value is -2.04. The van der Waals surface area contributed by atoms with E-state index >= 15 is 0 Å². The van der Waals surface area contributed by atoms with Gasteiger partial charge in [0.1, 0.15) is 24.7 Å². The largest absolute Gasteiger partial charge is 0.491 e. The molecule has 4 nitrogen and oxygen atoms in total. The Morgan fingerprint density at radius 2 is 1.19 bits per heavy atom. The monoisotopic (exact) mass is 356 g/mol. The average molecular weight is 356 g/mol. The van der Waals surface area contributed by atoms with Crippen LogP contribution in [0.15, 0.2) is 48.5 Å². The molecule has 1 aliphatic rings. The molecule has 140 valence electrons. The molecule has 0 amide bonds. The van der Waals surface area contributed by atoms with Crippen molar-refractivity contribution in [2.75, 3.05) is 26.4 Å². The lowest BCUT2D eigenvalue weighted by molar-refractivity contribution is 0.197. The lowest BCUT2D eigenvalue weighted by atomic mass is 9.75. The van der Waals surface area contributed by atoms with Crippen molar-refractivity contribution >= 4 is 0 Å². The molecule has 1 fully saturated rings. The first-order valence-electron chi connectivity index (χ1n) is 9.48. The van der Waals surface area contributed by atoms with Crippen LogP contribution < -0.4 is 9.47 Å². The molecule has 0 heterocycles. The van der Waals surface area contributed by atoms with Crippen molar-refractivity contribution in [3.63, 3.8) is 0 Å². The van der Waals surface area contributed by atoms with E-state index in [0.29, 0.717) is 25.0 Å². The molecule has 0 saturated heterocycles. The van der Waals surface area contributed by atoms with E-state index < -0.39 is 0 Å². The minimum absolute atomic E-state index is 0.0250. The highest BCUT2D eigenvalue weighted by Crippen LogP contribution is 2.45. The minimum atomic E-state index is 0.0250. The van der Waals surface area contributed by atoms with Crippen molar-refractivity contribution in [3.05, 3.63) is 59.7 Å². The summed E-state index contributed by atoms with van der Waals surface area (Å²) in [5.74, 6) is 2.65. The molecule has 1 aliphatic carbocycles. The van der Waals surface area contributed by atoms with E-state index in [9.17, 15) is 0 Å². The van der Waals surface area contributed by atoms with Gasteiger partial charge < -0.3 is 19.7 Å². The molecule has 1 saturated carbocycles. The van der Waals surface area contributed by atoms with Gasteiger partial charge in [0.25, 0.3) is 0 Å². The number of hydrogen-bond acceptors (Lipinski definition) is 4. The molecule has 0 bridgehead atoms. The van der Waals surface area contributed by atoms with Crippen molar-refractivity contribution in [2.45, 2.75) is 37.5 Å². The SMILES string of the molecule is OCCOc1ccccc1C1CCCC(c2ccccc2OCCO)C1. The number of para-hydroxylation sites is 2. The number of rotatable bonds is 8. The van der Waals surface area contributed by atoms with E-state index in [1.807, 2.05) is 24.3 Å². The maximum absolute atomic E-state index is 9.06. The van der Waals surface area contributed by atoms with E-state index in [1.165, 1.54) is 11.1 Å². The van der Waals surface area contributed by atoms with E-state index in [-0.39, 0.29) is 13.2 Å². The fraction of sp³-hybridized carbons (Fsp3) is 0.455. The highest BCUT2D eigenvalue weighted by molar-refractivity contribution is 5.40.